The highest BCUT2D eigenvalue weighted by Crippen LogP contribution is 2.18. The molecule has 0 radical (unpaired) electrons. The highest BCUT2D eigenvalue weighted by Gasteiger charge is 2.21. The summed E-state index contributed by atoms with van der Waals surface area (Å²) in [7, 11) is 2.11. The minimum absolute atomic E-state index is 0.591. The third-order valence-electron chi connectivity index (χ3n) is 3.44. The summed E-state index contributed by atoms with van der Waals surface area (Å²) >= 11 is 0. The van der Waals surface area contributed by atoms with E-state index in [1.54, 1.807) is 0 Å². The Morgan fingerprint density at radius 1 is 1.47 bits per heavy atom. The monoisotopic (exact) mass is 207 g/mol. The third kappa shape index (κ3) is 2.41. The van der Waals surface area contributed by atoms with Gasteiger partial charge in [-0.1, -0.05) is 6.42 Å². The molecule has 1 saturated heterocycles. The Morgan fingerprint density at radius 3 is 3.00 bits per heavy atom. The maximum atomic E-state index is 5.81. The standard InChI is InChI=1S/C12H21N3/c1-14-7-4-6-12(14)10-15-8-3-2-5-11(15)9-13/h4,6-7,11H,2-3,5,8-10,13H2,1H3/t11-/m1/s1. The van der Waals surface area contributed by atoms with Gasteiger partial charge in [0.05, 0.1) is 0 Å². The third-order valence-corrected chi connectivity index (χ3v) is 3.44. The van der Waals surface area contributed by atoms with E-state index >= 15 is 0 Å². The van der Waals surface area contributed by atoms with Crippen LogP contribution in [0.2, 0.25) is 0 Å². The second-order valence-corrected chi connectivity index (χ2v) is 4.47. The number of piperidine rings is 1. The molecule has 0 unspecified atom stereocenters. The Balaban J connectivity index is 2.00. The average molecular weight is 207 g/mol. The van der Waals surface area contributed by atoms with Crippen LogP contribution in [0.5, 0.6) is 0 Å². The molecule has 3 nitrogen and oxygen atoms in total. The molecule has 0 saturated carbocycles. The predicted molar refractivity (Wildman–Crippen MR) is 62.5 cm³/mol. The molecular formula is C12H21N3. The van der Waals surface area contributed by atoms with Crippen molar-refractivity contribution in [3.63, 3.8) is 0 Å². The van der Waals surface area contributed by atoms with Gasteiger partial charge < -0.3 is 10.3 Å². The topological polar surface area (TPSA) is 34.2 Å². The van der Waals surface area contributed by atoms with Crippen LogP contribution in [0.25, 0.3) is 0 Å². The van der Waals surface area contributed by atoms with Gasteiger partial charge in [-0.25, -0.2) is 0 Å². The van der Waals surface area contributed by atoms with Gasteiger partial charge in [0.15, 0.2) is 0 Å². The van der Waals surface area contributed by atoms with Crippen LogP contribution in [0.15, 0.2) is 18.3 Å². The van der Waals surface area contributed by atoms with E-state index in [1.807, 2.05) is 0 Å². The second kappa shape index (κ2) is 4.81. The quantitative estimate of drug-likeness (QED) is 0.811. The fraction of sp³-hybridized carbons (Fsp3) is 0.667. The predicted octanol–water partition coefficient (Wildman–Crippen LogP) is 1.34. The first kappa shape index (κ1) is 10.7. The van der Waals surface area contributed by atoms with Crippen molar-refractivity contribution in [2.75, 3.05) is 13.1 Å². The Bertz CT molecular complexity index is 306. The summed E-state index contributed by atoms with van der Waals surface area (Å²) in [5, 5.41) is 0. The summed E-state index contributed by atoms with van der Waals surface area (Å²) in [6, 6.07) is 4.90. The minimum atomic E-state index is 0.591. The normalized spacial score (nSPS) is 23.2. The molecule has 0 bridgehead atoms. The first-order chi connectivity index (χ1) is 7.31. The zero-order valence-electron chi connectivity index (χ0n) is 9.52. The second-order valence-electron chi connectivity index (χ2n) is 4.47. The van der Waals surface area contributed by atoms with E-state index in [2.05, 4.69) is 34.8 Å². The van der Waals surface area contributed by atoms with E-state index in [1.165, 1.54) is 31.5 Å². The minimum Gasteiger partial charge on any atom is -0.353 e. The lowest BCUT2D eigenvalue weighted by Gasteiger charge is -2.34. The summed E-state index contributed by atoms with van der Waals surface area (Å²) in [6.07, 6.45) is 6.03. The highest BCUT2D eigenvalue weighted by atomic mass is 15.2. The average Bonchev–Trinajstić information content (AvgIpc) is 2.65. The molecule has 84 valence electrons. The molecule has 1 aromatic heterocycles. The smallest absolute Gasteiger partial charge is 0.0390 e. The summed E-state index contributed by atoms with van der Waals surface area (Å²) < 4.78 is 2.20. The summed E-state index contributed by atoms with van der Waals surface area (Å²) in [6.45, 7) is 3.04. The van der Waals surface area contributed by atoms with Gasteiger partial charge in [0, 0.05) is 38.1 Å². The van der Waals surface area contributed by atoms with Crippen molar-refractivity contribution in [2.24, 2.45) is 12.8 Å². The molecule has 3 heteroatoms. The highest BCUT2D eigenvalue weighted by molar-refractivity contribution is 5.06. The largest absolute Gasteiger partial charge is 0.353 e. The molecule has 0 aromatic carbocycles. The SMILES string of the molecule is Cn1cccc1CN1CCCC[C@@H]1CN. The van der Waals surface area contributed by atoms with Crippen LogP contribution in [0.3, 0.4) is 0 Å². The number of nitrogens with zero attached hydrogens (tertiary/aromatic N) is 2. The molecule has 2 heterocycles. The Hall–Kier alpha value is -0.800. The summed E-state index contributed by atoms with van der Waals surface area (Å²) in [5.74, 6) is 0. The van der Waals surface area contributed by atoms with Crippen molar-refractivity contribution in [2.45, 2.75) is 31.8 Å². The van der Waals surface area contributed by atoms with Crippen LogP contribution in [0, 0.1) is 0 Å². The van der Waals surface area contributed by atoms with E-state index in [-0.39, 0.29) is 0 Å². The zero-order valence-corrected chi connectivity index (χ0v) is 9.52. The van der Waals surface area contributed by atoms with Crippen LogP contribution in [-0.2, 0) is 13.6 Å². The molecule has 1 aliphatic heterocycles. The van der Waals surface area contributed by atoms with E-state index in [9.17, 15) is 0 Å². The van der Waals surface area contributed by atoms with E-state index in [0.717, 1.165) is 13.1 Å². The molecule has 1 atom stereocenters. The summed E-state index contributed by atoms with van der Waals surface area (Å²) in [4.78, 5) is 2.53. The van der Waals surface area contributed by atoms with Gasteiger partial charge in [-0.2, -0.15) is 0 Å². The van der Waals surface area contributed by atoms with Crippen molar-refractivity contribution in [1.82, 2.24) is 9.47 Å². The lowest BCUT2D eigenvalue weighted by atomic mass is 10.0. The van der Waals surface area contributed by atoms with E-state index in [4.69, 9.17) is 5.73 Å². The molecular weight excluding hydrogens is 186 g/mol. The number of hydrogen-bond donors (Lipinski definition) is 1. The maximum absolute atomic E-state index is 5.81. The first-order valence-electron chi connectivity index (χ1n) is 5.85. The molecule has 1 aliphatic rings. The van der Waals surface area contributed by atoms with Gasteiger partial charge in [-0.3, -0.25) is 4.90 Å². The Morgan fingerprint density at radius 2 is 2.33 bits per heavy atom. The van der Waals surface area contributed by atoms with Crippen molar-refractivity contribution in [1.29, 1.82) is 0 Å². The fourth-order valence-corrected chi connectivity index (χ4v) is 2.40. The van der Waals surface area contributed by atoms with Crippen molar-refractivity contribution < 1.29 is 0 Å². The van der Waals surface area contributed by atoms with Crippen molar-refractivity contribution in [3.05, 3.63) is 24.0 Å². The van der Waals surface area contributed by atoms with E-state index in [0.29, 0.717) is 6.04 Å². The Labute approximate surface area is 91.9 Å². The Kier molecular flexibility index (Phi) is 3.44. The molecule has 0 amide bonds. The molecule has 0 spiro atoms. The van der Waals surface area contributed by atoms with Crippen LogP contribution < -0.4 is 5.73 Å². The maximum Gasteiger partial charge on any atom is 0.0390 e. The van der Waals surface area contributed by atoms with Crippen LogP contribution in [-0.4, -0.2) is 28.6 Å². The molecule has 0 aliphatic carbocycles. The first-order valence-corrected chi connectivity index (χ1v) is 5.85. The van der Waals surface area contributed by atoms with E-state index < -0.39 is 0 Å². The van der Waals surface area contributed by atoms with Gasteiger partial charge in [0.25, 0.3) is 0 Å². The van der Waals surface area contributed by atoms with Crippen LogP contribution >= 0.6 is 0 Å². The zero-order chi connectivity index (χ0) is 10.7. The van der Waals surface area contributed by atoms with Crippen LogP contribution in [0.1, 0.15) is 25.0 Å². The van der Waals surface area contributed by atoms with Gasteiger partial charge >= 0.3 is 0 Å². The number of likely N-dealkylation sites (tertiary alicyclic amines) is 1. The lowest BCUT2D eigenvalue weighted by Crippen LogP contribution is -2.43. The molecule has 15 heavy (non-hydrogen) atoms. The van der Waals surface area contributed by atoms with Gasteiger partial charge in [0.1, 0.15) is 0 Å². The molecule has 1 fully saturated rings. The summed E-state index contributed by atoms with van der Waals surface area (Å²) in [5.41, 5.74) is 7.20. The van der Waals surface area contributed by atoms with Gasteiger partial charge in [0.2, 0.25) is 0 Å². The van der Waals surface area contributed by atoms with Gasteiger partial charge in [-0.05, 0) is 31.5 Å². The molecule has 2 rings (SSSR count). The van der Waals surface area contributed by atoms with Crippen molar-refractivity contribution >= 4 is 0 Å². The number of hydrogen-bond acceptors (Lipinski definition) is 2. The lowest BCUT2D eigenvalue weighted by molar-refractivity contribution is 0.142. The number of aryl methyl sites for hydroxylation is 1. The van der Waals surface area contributed by atoms with Gasteiger partial charge in [-0.15, -0.1) is 0 Å². The number of aromatic nitrogens is 1. The number of rotatable bonds is 3. The van der Waals surface area contributed by atoms with Crippen LogP contribution in [0.4, 0.5) is 0 Å². The molecule has 1 aromatic rings. The fourth-order valence-electron chi connectivity index (χ4n) is 2.40. The number of nitrogens with two attached hydrogens (primary N) is 1. The van der Waals surface area contributed by atoms with Crippen molar-refractivity contribution in [3.8, 4) is 0 Å². The molecule has 2 N–H and O–H groups in total.